The number of ether oxygens (including phenoxy) is 1. The molecule has 1 fully saturated rings. The van der Waals surface area contributed by atoms with Crippen LogP contribution in [0.25, 0.3) is 0 Å². The Hall–Kier alpha value is -2.86. The number of hydrogen-bond acceptors (Lipinski definition) is 3. The van der Waals surface area contributed by atoms with E-state index in [9.17, 15) is 9.59 Å². The van der Waals surface area contributed by atoms with E-state index in [0.29, 0.717) is 17.8 Å². The normalized spacial score (nSPS) is 15.0. The van der Waals surface area contributed by atoms with Crippen molar-refractivity contribution in [3.63, 3.8) is 0 Å². The quantitative estimate of drug-likeness (QED) is 0.799. The van der Waals surface area contributed by atoms with Crippen LogP contribution in [0.3, 0.4) is 0 Å². The summed E-state index contributed by atoms with van der Waals surface area (Å²) in [5, 5.41) is 5.62. The van der Waals surface area contributed by atoms with Gasteiger partial charge in [0, 0.05) is 38.0 Å². The molecule has 0 saturated carbocycles. The Morgan fingerprint density at radius 1 is 1.04 bits per heavy atom. The van der Waals surface area contributed by atoms with Crippen LogP contribution in [0.15, 0.2) is 54.6 Å². The van der Waals surface area contributed by atoms with Gasteiger partial charge in [0.1, 0.15) is 0 Å². The van der Waals surface area contributed by atoms with Crippen LogP contribution in [0.4, 0.5) is 10.5 Å². The maximum Gasteiger partial charge on any atom is 0.319 e. The van der Waals surface area contributed by atoms with E-state index in [1.807, 2.05) is 35.2 Å². The van der Waals surface area contributed by atoms with E-state index >= 15 is 0 Å². The summed E-state index contributed by atoms with van der Waals surface area (Å²) in [5.41, 5.74) is 2.19. The van der Waals surface area contributed by atoms with E-state index in [1.54, 1.807) is 31.4 Å². The predicted octanol–water partition coefficient (Wildman–Crippen LogP) is 3.82. The molecule has 3 rings (SSSR count). The number of rotatable bonds is 6. The number of carbonyl (C=O) groups excluding carboxylic acids is 2. The molecule has 6 nitrogen and oxygen atoms in total. The van der Waals surface area contributed by atoms with Gasteiger partial charge in [-0.1, -0.05) is 36.4 Å². The van der Waals surface area contributed by atoms with Crippen molar-refractivity contribution in [1.82, 2.24) is 10.2 Å². The van der Waals surface area contributed by atoms with Crippen molar-refractivity contribution in [3.05, 3.63) is 65.7 Å². The first-order valence-corrected chi connectivity index (χ1v) is 9.69. The van der Waals surface area contributed by atoms with E-state index in [0.717, 1.165) is 31.5 Å². The third-order valence-corrected chi connectivity index (χ3v) is 4.91. The number of urea groups is 1. The Balaban J connectivity index is 1.56. The molecule has 3 amide bonds. The number of likely N-dealkylation sites (tertiary alicyclic amines) is 1. The lowest BCUT2D eigenvalue weighted by Gasteiger charge is -2.26. The Kier molecular flexibility index (Phi) is 7.03. The highest BCUT2D eigenvalue weighted by atomic mass is 16.5. The second-order valence-electron chi connectivity index (χ2n) is 6.90. The SMILES string of the molecule is COC(CNC(=O)Nc1cccc(C(=O)N2CCCCC2)c1)c1ccccc1. The zero-order chi connectivity index (χ0) is 19.8. The van der Waals surface area contributed by atoms with Gasteiger partial charge in [-0.15, -0.1) is 0 Å². The minimum atomic E-state index is -0.333. The fourth-order valence-corrected chi connectivity index (χ4v) is 3.38. The Labute approximate surface area is 165 Å². The molecule has 0 aromatic heterocycles. The molecule has 6 heteroatoms. The molecular formula is C22H27N3O3. The fourth-order valence-electron chi connectivity index (χ4n) is 3.38. The van der Waals surface area contributed by atoms with Gasteiger partial charge in [0.05, 0.1) is 6.10 Å². The number of hydrogen-bond donors (Lipinski definition) is 2. The van der Waals surface area contributed by atoms with Crippen LogP contribution in [-0.4, -0.2) is 43.6 Å². The minimum Gasteiger partial charge on any atom is -0.375 e. The first kappa shape index (κ1) is 19.9. The molecule has 148 valence electrons. The van der Waals surface area contributed by atoms with Crippen molar-refractivity contribution in [1.29, 1.82) is 0 Å². The Morgan fingerprint density at radius 3 is 2.50 bits per heavy atom. The summed E-state index contributed by atoms with van der Waals surface area (Å²) in [4.78, 5) is 26.8. The van der Waals surface area contributed by atoms with Crippen LogP contribution in [0.1, 0.15) is 41.3 Å². The van der Waals surface area contributed by atoms with Gasteiger partial charge in [0.15, 0.2) is 0 Å². The van der Waals surface area contributed by atoms with Gasteiger partial charge in [0.2, 0.25) is 0 Å². The second kappa shape index (κ2) is 9.90. The maximum absolute atomic E-state index is 12.6. The third kappa shape index (κ3) is 5.33. The smallest absolute Gasteiger partial charge is 0.319 e. The minimum absolute atomic E-state index is 0.0206. The van der Waals surface area contributed by atoms with Crippen molar-refractivity contribution in [3.8, 4) is 0 Å². The lowest BCUT2D eigenvalue weighted by molar-refractivity contribution is 0.0724. The molecule has 1 aliphatic rings. The summed E-state index contributed by atoms with van der Waals surface area (Å²) in [6, 6.07) is 16.5. The number of benzene rings is 2. The van der Waals surface area contributed by atoms with Gasteiger partial charge in [-0.05, 0) is 43.0 Å². The van der Waals surface area contributed by atoms with Crippen molar-refractivity contribution in [2.75, 3.05) is 32.1 Å². The molecular weight excluding hydrogens is 354 g/mol. The number of piperidine rings is 1. The average molecular weight is 381 g/mol. The highest BCUT2D eigenvalue weighted by molar-refractivity contribution is 5.97. The molecule has 1 saturated heterocycles. The molecule has 0 radical (unpaired) electrons. The third-order valence-electron chi connectivity index (χ3n) is 4.91. The highest BCUT2D eigenvalue weighted by Crippen LogP contribution is 2.17. The van der Waals surface area contributed by atoms with Gasteiger partial charge in [0.25, 0.3) is 5.91 Å². The first-order valence-electron chi connectivity index (χ1n) is 9.69. The summed E-state index contributed by atoms with van der Waals surface area (Å²) >= 11 is 0. The zero-order valence-electron chi connectivity index (χ0n) is 16.2. The lowest BCUT2D eigenvalue weighted by Crippen LogP contribution is -2.35. The Bertz CT molecular complexity index is 789. The topological polar surface area (TPSA) is 70.7 Å². The summed E-state index contributed by atoms with van der Waals surface area (Å²) in [6.45, 7) is 1.95. The predicted molar refractivity (Wildman–Crippen MR) is 109 cm³/mol. The maximum atomic E-state index is 12.6. The monoisotopic (exact) mass is 381 g/mol. The molecule has 0 spiro atoms. The van der Waals surface area contributed by atoms with Crippen LogP contribution in [-0.2, 0) is 4.74 Å². The second-order valence-corrected chi connectivity index (χ2v) is 6.90. The van der Waals surface area contributed by atoms with Crippen LogP contribution < -0.4 is 10.6 Å². The number of anilines is 1. The average Bonchev–Trinajstić information content (AvgIpc) is 2.75. The van der Waals surface area contributed by atoms with E-state index in [-0.39, 0.29) is 18.0 Å². The van der Waals surface area contributed by atoms with E-state index in [4.69, 9.17) is 4.74 Å². The number of methoxy groups -OCH3 is 1. The summed E-state index contributed by atoms with van der Waals surface area (Å²) < 4.78 is 5.46. The van der Waals surface area contributed by atoms with E-state index in [2.05, 4.69) is 10.6 Å². The summed E-state index contributed by atoms with van der Waals surface area (Å²) in [5.74, 6) is 0.0206. The van der Waals surface area contributed by atoms with Crippen LogP contribution in [0.5, 0.6) is 0 Å². The zero-order valence-corrected chi connectivity index (χ0v) is 16.2. The fraction of sp³-hybridized carbons (Fsp3) is 0.364. The number of nitrogens with zero attached hydrogens (tertiary/aromatic N) is 1. The standard InChI is InChI=1S/C22H27N3O3/c1-28-20(17-9-4-2-5-10-17)16-23-22(27)24-19-12-8-11-18(15-19)21(26)25-13-6-3-7-14-25/h2,4-5,8-12,15,20H,3,6-7,13-14,16H2,1H3,(H2,23,24,27). The molecule has 2 aromatic carbocycles. The first-order chi connectivity index (χ1) is 13.7. The Morgan fingerprint density at radius 2 is 1.79 bits per heavy atom. The van der Waals surface area contributed by atoms with Gasteiger partial charge in [-0.25, -0.2) is 4.79 Å². The molecule has 1 heterocycles. The van der Waals surface area contributed by atoms with Crippen molar-refractivity contribution in [2.24, 2.45) is 0 Å². The van der Waals surface area contributed by atoms with Crippen LogP contribution in [0.2, 0.25) is 0 Å². The van der Waals surface area contributed by atoms with Crippen LogP contribution >= 0.6 is 0 Å². The molecule has 0 bridgehead atoms. The molecule has 2 N–H and O–H groups in total. The highest BCUT2D eigenvalue weighted by Gasteiger charge is 2.18. The van der Waals surface area contributed by atoms with Crippen molar-refractivity contribution < 1.29 is 14.3 Å². The number of carbonyl (C=O) groups is 2. The summed E-state index contributed by atoms with van der Waals surface area (Å²) in [7, 11) is 1.62. The molecule has 2 aromatic rings. The summed E-state index contributed by atoms with van der Waals surface area (Å²) in [6.07, 6.45) is 3.05. The van der Waals surface area contributed by atoms with E-state index < -0.39 is 0 Å². The number of nitrogens with one attached hydrogen (secondary N) is 2. The lowest BCUT2D eigenvalue weighted by atomic mass is 10.1. The molecule has 1 aliphatic heterocycles. The van der Waals surface area contributed by atoms with Gasteiger partial charge >= 0.3 is 6.03 Å². The van der Waals surface area contributed by atoms with Crippen molar-refractivity contribution in [2.45, 2.75) is 25.4 Å². The van der Waals surface area contributed by atoms with Gasteiger partial charge < -0.3 is 20.3 Å². The van der Waals surface area contributed by atoms with Crippen LogP contribution in [0, 0.1) is 0 Å². The number of amides is 3. The van der Waals surface area contributed by atoms with E-state index in [1.165, 1.54) is 6.42 Å². The van der Waals surface area contributed by atoms with Gasteiger partial charge in [-0.2, -0.15) is 0 Å². The molecule has 1 unspecified atom stereocenters. The molecule has 1 atom stereocenters. The van der Waals surface area contributed by atoms with Crippen molar-refractivity contribution >= 4 is 17.6 Å². The molecule has 28 heavy (non-hydrogen) atoms. The molecule has 0 aliphatic carbocycles. The van der Waals surface area contributed by atoms with Gasteiger partial charge in [-0.3, -0.25) is 4.79 Å². The largest absolute Gasteiger partial charge is 0.375 e.